The Hall–Kier alpha value is -2.09. The van der Waals surface area contributed by atoms with Crippen LogP contribution in [0.1, 0.15) is 10.5 Å². The normalized spacial score (nSPS) is 10.3. The number of amides is 1. The first-order valence-corrected chi connectivity index (χ1v) is 5.78. The maximum atomic E-state index is 13.4. The predicted octanol–water partition coefficient (Wildman–Crippen LogP) is 2.06. The number of carbonyl (C=O) groups is 1. The second kappa shape index (κ2) is 5.27. The van der Waals surface area contributed by atoms with E-state index in [1.165, 1.54) is 6.07 Å². The van der Waals surface area contributed by atoms with Crippen molar-refractivity contribution < 1.29 is 13.6 Å². The summed E-state index contributed by atoms with van der Waals surface area (Å²) in [5.74, 6) is -2.43. The van der Waals surface area contributed by atoms with Gasteiger partial charge < -0.3 is 5.32 Å². The summed E-state index contributed by atoms with van der Waals surface area (Å²) >= 11 is 2.88. The highest BCUT2D eigenvalue weighted by Crippen LogP contribution is 2.23. The van der Waals surface area contributed by atoms with Crippen molar-refractivity contribution in [3.63, 3.8) is 0 Å². The molecule has 2 N–H and O–H groups in total. The van der Waals surface area contributed by atoms with Crippen LogP contribution in [0.5, 0.6) is 0 Å². The summed E-state index contributed by atoms with van der Waals surface area (Å²) in [7, 11) is 0. The van der Waals surface area contributed by atoms with Crippen molar-refractivity contribution in [1.82, 2.24) is 10.2 Å². The van der Waals surface area contributed by atoms with Gasteiger partial charge in [-0.3, -0.25) is 9.59 Å². The molecule has 0 aliphatic rings. The molecule has 1 aromatic heterocycles. The molecule has 0 fully saturated rings. The molecule has 19 heavy (non-hydrogen) atoms. The summed E-state index contributed by atoms with van der Waals surface area (Å²) in [6.07, 6.45) is 0. The van der Waals surface area contributed by atoms with Crippen LogP contribution in [0.3, 0.4) is 0 Å². The zero-order valence-corrected chi connectivity index (χ0v) is 10.8. The fourth-order valence-electron chi connectivity index (χ4n) is 1.28. The lowest BCUT2D eigenvalue weighted by Gasteiger charge is -2.06. The van der Waals surface area contributed by atoms with Crippen LogP contribution in [-0.4, -0.2) is 16.1 Å². The third kappa shape index (κ3) is 3.02. The largest absolute Gasteiger partial charge is 0.318 e. The second-order valence-corrected chi connectivity index (χ2v) is 4.36. The van der Waals surface area contributed by atoms with Gasteiger partial charge in [-0.1, -0.05) is 0 Å². The molecule has 1 aromatic carbocycles. The number of rotatable bonds is 2. The molecule has 0 aliphatic carbocycles. The van der Waals surface area contributed by atoms with Gasteiger partial charge in [0, 0.05) is 12.1 Å². The number of aromatic amines is 1. The number of nitrogens with zero attached hydrogens (tertiary/aromatic N) is 1. The topological polar surface area (TPSA) is 74.8 Å². The summed E-state index contributed by atoms with van der Waals surface area (Å²) in [4.78, 5) is 22.5. The lowest BCUT2D eigenvalue weighted by atomic mass is 10.2. The van der Waals surface area contributed by atoms with Crippen molar-refractivity contribution in [2.45, 2.75) is 0 Å². The smallest absolute Gasteiger partial charge is 0.276 e. The number of nitrogens with one attached hydrogen (secondary N) is 2. The van der Waals surface area contributed by atoms with Crippen LogP contribution in [-0.2, 0) is 0 Å². The van der Waals surface area contributed by atoms with Crippen LogP contribution in [0.4, 0.5) is 14.5 Å². The molecular formula is C11H6BrF2N3O2. The van der Waals surface area contributed by atoms with E-state index < -0.39 is 23.1 Å². The van der Waals surface area contributed by atoms with Crippen molar-refractivity contribution in [3.05, 3.63) is 56.4 Å². The van der Waals surface area contributed by atoms with Crippen molar-refractivity contribution >= 4 is 27.5 Å². The minimum absolute atomic E-state index is 0.0126. The van der Waals surface area contributed by atoms with Gasteiger partial charge in [0.15, 0.2) is 0 Å². The lowest BCUT2D eigenvalue weighted by molar-refractivity contribution is 0.102. The zero-order valence-electron chi connectivity index (χ0n) is 9.21. The minimum atomic E-state index is -0.918. The number of H-pyrrole nitrogens is 1. The molecule has 8 heteroatoms. The minimum Gasteiger partial charge on any atom is -0.318 e. The van der Waals surface area contributed by atoms with E-state index >= 15 is 0 Å². The maximum absolute atomic E-state index is 13.4. The number of hydrogen-bond acceptors (Lipinski definition) is 3. The van der Waals surface area contributed by atoms with Gasteiger partial charge in [-0.05, 0) is 28.1 Å². The summed E-state index contributed by atoms with van der Waals surface area (Å²) < 4.78 is 26.4. The molecule has 98 valence electrons. The van der Waals surface area contributed by atoms with E-state index in [2.05, 4.69) is 31.4 Å². The highest BCUT2D eigenvalue weighted by Gasteiger charge is 2.13. The van der Waals surface area contributed by atoms with E-state index in [-0.39, 0.29) is 15.9 Å². The quantitative estimate of drug-likeness (QED) is 0.828. The molecule has 0 bridgehead atoms. The molecule has 0 saturated heterocycles. The van der Waals surface area contributed by atoms with E-state index in [0.717, 1.165) is 12.1 Å². The summed E-state index contributed by atoms with van der Waals surface area (Å²) in [5, 5.41) is 7.78. The Labute approximate surface area is 113 Å². The van der Waals surface area contributed by atoms with E-state index in [4.69, 9.17) is 0 Å². The van der Waals surface area contributed by atoms with Crippen LogP contribution in [0, 0.1) is 11.6 Å². The molecule has 1 heterocycles. The number of anilines is 1. The maximum Gasteiger partial charge on any atom is 0.276 e. The van der Waals surface area contributed by atoms with Crippen molar-refractivity contribution in [1.29, 1.82) is 0 Å². The molecule has 1 amide bonds. The van der Waals surface area contributed by atoms with Gasteiger partial charge in [0.25, 0.3) is 11.5 Å². The van der Waals surface area contributed by atoms with Gasteiger partial charge in [0.1, 0.15) is 17.3 Å². The number of halogens is 3. The van der Waals surface area contributed by atoms with Crippen LogP contribution in [0.15, 0.2) is 33.5 Å². The summed E-state index contributed by atoms with van der Waals surface area (Å²) in [6.45, 7) is 0. The number of benzene rings is 1. The van der Waals surface area contributed by atoms with Gasteiger partial charge in [0.05, 0.1) is 10.2 Å². The number of aromatic nitrogens is 2. The Bertz CT molecular complexity index is 682. The van der Waals surface area contributed by atoms with Gasteiger partial charge in [0.2, 0.25) is 0 Å². The van der Waals surface area contributed by atoms with E-state index in [9.17, 15) is 18.4 Å². The van der Waals surface area contributed by atoms with E-state index in [1.54, 1.807) is 0 Å². The zero-order chi connectivity index (χ0) is 14.0. The average molecular weight is 330 g/mol. The Balaban J connectivity index is 2.26. The van der Waals surface area contributed by atoms with Gasteiger partial charge in [-0.25, -0.2) is 13.9 Å². The first kappa shape index (κ1) is 13.3. The van der Waals surface area contributed by atoms with Gasteiger partial charge in [-0.15, -0.1) is 0 Å². The van der Waals surface area contributed by atoms with E-state index in [1.807, 2.05) is 0 Å². The van der Waals surface area contributed by atoms with Crippen molar-refractivity contribution in [2.75, 3.05) is 5.32 Å². The third-order valence-corrected chi connectivity index (χ3v) is 2.78. The standard InChI is InChI=1S/C11H6BrF2N3O2/c12-5-3-9(7(14)4-6(5)13)15-11(19)8-1-2-10(18)17-16-8/h1-4H,(H,15,19)(H,17,18). The lowest BCUT2D eigenvalue weighted by Crippen LogP contribution is -2.18. The Morgan fingerprint density at radius 3 is 2.63 bits per heavy atom. The van der Waals surface area contributed by atoms with Gasteiger partial charge in [-0.2, -0.15) is 5.10 Å². The monoisotopic (exact) mass is 329 g/mol. The Kier molecular flexibility index (Phi) is 3.70. The first-order valence-electron chi connectivity index (χ1n) is 4.99. The second-order valence-electron chi connectivity index (χ2n) is 3.51. The van der Waals surface area contributed by atoms with Crippen molar-refractivity contribution in [3.8, 4) is 0 Å². The fourth-order valence-corrected chi connectivity index (χ4v) is 1.62. The predicted molar refractivity (Wildman–Crippen MR) is 66.9 cm³/mol. The van der Waals surface area contributed by atoms with Crippen LogP contribution in [0.2, 0.25) is 0 Å². The Morgan fingerprint density at radius 2 is 2.00 bits per heavy atom. The number of carbonyl (C=O) groups excluding carboxylic acids is 1. The third-order valence-electron chi connectivity index (χ3n) is 2.17. The van der Waals surface area contributed by atoms with Crippen LogP contribution in [0.25, 0.3) is 0 Å². The van der Waals surface area contributed by atoms with Gasteiger partial charge >= 0.3 is 0 Å². The summed E-state index contributed by atoms with van der Waals surface area (Å²) in [5.41, 5.74) is -0.766. The van der Waals surface area contributed by atoms with Crippen LogP contribution < -0.4 is 10.9 Å². The molecule has 5 nitrogen and oxygen atoms in total. The molecule has 0 aliphatic heterocycles. The average Bonchev–Trinajstić information content (AvgIpc) is 2.36. The number of hydrogen-bond donors (Lipinski definition) is 2. The molecule has 0 spiro atoms. The molecule has 2 rings (SSSR count). The van der Waals surface area contributed by atoms with Crippen LogP contribution >= 0.6 is 15.9 Å². The fraction of sp³-hybridized carbons (Fsp3) is 0. The molecule has 0 radical (unpaired) electrons. The molecule has 2 aromatic rings. The Morgan fingerprint density at radius 1 is 1.26 bits per heavy atom. The summed E-state index contributed by atoms with van der Waals surface area (Å²) in [6, 6.07) is 4.03. The van der Waals surface area contributed by atoms with Crippen molar-refractivity contribution in [2.24, 2.45) is 0 Å². The molecule has 0 saturated carbocycles. The molecular weight excluding hydrogens is 324 g/mol. The molecule has 0 unspecified atom stereocenters. The first-order chi connectivity index (χ1) is 8.97. The highest BCUT2D eigenvalue weighted by molar-refractivity contribution is 9.10. The SMILES string of the molecule is O=C(Nc1cc(Br)c(F)cc1F)c1ccc(=O)[nH]n1. The molecule has 0 atom stereocenters. The highest BCUT2D eigenvalue weighted by atomic mass is 79.9. The van der Waals surface area contributed by atoms with E-state index in [0.29, 0.717) is 6.07 Å².